The van der Waals surface area contributed by atoms with Gasteiger partial charge in [0.05, 0.1) is 10.5 Å². The lowest BCUT2D eigenvalue weighted by Gasteiger charge is -2.16. The minimum absolute atomic E-state index is 0.216. The Morgan fingerprint density at radius 2 is 1.71 bits per heavy atom. The molecule has 4 rings (SSSR count). The van der Waals surface area contributed by atoms with Crippen LogP contribution in [0.25, 0.3) is 10.9 Å². The second-order valence-electron chi connectivity index (χ2n) is 7.58. The van der Waals surface area contributed by atoms with E-state index >= 15 is 8.78 Å². The predicted molar refractivity (Wildman–Crippen MR) is 117 cm³/mol. The molecule has 11 heteroatoms. The summed E-state index contributed by atoms with van der Waals surface area (Å²) < 4.78 is 103. The first kappa shape index (κ1) is 24.2. The Labute approximate surface area is 196 Å². The van der Waals surface area contributed by atoms with E-state index in [9.17, 15) is 21.6 Å². The van der Waals surface area contributed by atoms with Crippen molar-refractivity contribution in [1.29, 1.82) is 5.26 Å². The SMILES string of the molecule is Cc1ccc(S(=O)(=O)n2ccc3c(CC(F)F)c(Oc4ccc(F)c(C#N)c4)c(F)c(F)c32)cc1. The van der Waals surface area contributed by atoms with Crippen molar-refractivity contribution in [1.82, 2.24) is 3.97 Å². The third-order valence-electron chi connectivity index (χ3n) is 5.27. The molecule has 0 amide bonds. The highest BCUT2D eigenvalue weighted by Crippen LogP contribution is 2.39. The molecule has 0 spiro atoms. The second kappa shape index (κ2) is 9.03. The molecule has 0 aliphatic rings. The fraction of sp³-hybridized carbons (Fsp3) is 0.125. The topological polar surface area (TPSA) is 72.1 Å². The molecule has 180 valence electrons. The Kier molecular flexibility index (Phi) is 6.25. The smallest absolute Gasteiger partial charge is 0.268 e. The van der Waals surface area contributed by atoms with Crippen molar-refractivity contribution in [2.24, 2.45) is 0 Å². The normalized spacial score (nSPS) is 11.7. The number of benzene rings is 3. The molecule has 0 radical (unpaired) electrons. The van der Waals surface area contributed by atoms with Crippen LogP contribution in [0.15, 0.2) is 59.6 Å². The third-order valence-corrected chi connectivity index (χ3v) is 6.96. The van der Waals surface area contributed by atoms with Crippen LogP contribution < -0.4 is 4.74 Å². The van der Waals surface area contributed by atoms with E-state index < -0.39 is 62.7 Å². The van der Waals surface area contributed by atoms with Gasteiger partial charge in [-0.2, -0.15) is 9.65 Å². The fourth-order valence-corrected chi connectivity index (χ4v) is 4.94. The summed E-state index contributed by atoms with van der Waals surface area (Å²) in [6.45, 7) is 1.73. The maximum absolute atomic E-state index is 15.3. The van der Waals surface area contributed by atoms with Crippen LogP contribution in [0.2, 0.25) is 0 Å². The maximum atomic E-state index is 15.3. The summed E-state index contributed by atoms with van der Waals surface area (Å²) in [4.78, 5) is -0.216. The number of nitrogens with zero attached hydrogens (tertiary/aromatic N) is 2. The number of hydrogen-bond acceptors (Lipinski definition) is 4. The molecule has 0 unspecified atom stereocenters. The van der Waals surface area contributed by atoms with Crippen LogP contribution in [0.4, 0.5) is 22.0 Å². The van der Waals surface area contributed by atoms with Crippen molar-refractivity contribution < 1.29 is 35.1 Å². The molecule has 0 aliphatic heterocycles. The van der Waals surface area contributed by atoms with Crippen LogP contribution in [-0.4, -0.2) is 18.8 Å². The van der Waals surface area contributed by atoms with Gasteiger partial charge in [-0.15, -0.1) is 0 Å². The van der Waals surface area contributed by atoms with Crippen molar-refractivity contribution >= 4 is 20.9 Å². The highest BCUT2D eigenvalue weighted by Gasteiger charge is 2.29. The molecule has 4 aromatic rings. The molecule has 0 saturated heterocycles. The highest BCUT2D eigenvalue weighted by atomic mass is 32.2. The standard InChI is InChI=1S/C24H15F5N2O3S/c1-13-2-5-16(6-3-13)35(32,33)31-9-8-17-18(11-20(26)27)24(22(29)21(28)23(17)31)34-15-4-7-19(25)14(10-15)12-30/h2-10,20H,11H2,1H3. The van der Waals surface area contributed by atoms with Crippen LogP contribution in [0.3, 0.4) is 0 Å². The first-order valence-corrected chi connectivity index (χ1v) is 11.5. The Bertz CT molecular complexity index is 1590. The number of aryl methyl sites for hydroxylation is 1. The van der Waals surface area contributed by atoms with Gasteiger partial charge in [-0.25, -0.2) is 30.0 Å². The van der Waals surface area contributed by atoms with E-state index in [0.29, 0.717) is 3.97 Å². The molecule has 5 nitrogen and oxygen atoms in total. The van der Waals surface area contributed by atoms with Crippen molar-refractivity contribution in [3.8, 4) is 17.6 Å². The van der Waals surface area contributed by atoms with Crippen LogP contribution in [0, 0.1) is 35.7 Å². The number of alkyl halides is 2. The number of ether oxygens (including phenoxy) is 1. The van der Waals surface area contributed by atoms with Gasteiger partial charge >= 0.3 is 0 Å². The molecule has 0 atom stereocenters. The quantitative estimate of drug-likeness (QED) is 0.298. The first-order valence-electron chi connectivity index (χ1n) is 10.0. The van der Waals surface area contributed by atoms with Crippen LogP contribution in [-0.2, 0) is 16.4 Å². The van der Waals surface area contributed by atoms with E-state index in [0.717, 1.165) is 36.0 Å². The zero-order valence-electron chi connectivity index (χ0n) is 17.9. The Morgan fingerprint density at radius 3 is 2.34 bits per heavy atom. The highest BCUT2D eigenvalue weighted by molar-refractivity contribution is 7.90. The van der Waals surface area contributed by atoms with Gasteiger partial charge in [-0.05, 0) is 37.3 Å². The summed E-state index contributed by atoms with van der Waals surface area (Å²) in [5.41, 5.74) is -0.951. The molecule has 1 aromatic heterocycles. The van der Waals surface area contributed by atoms with Gasteiger partial charge in [0.2, 0.25) is 12.2 Å². The van der Waals surface area contributed by atoms with Crippen molar-refractivity contribution in [3.05, 3.63) is 88.9 Å². The Balaban J connectivity index is 1.95. The zero-order valence-corrected chi connectivity index (χ0v) is 18.7. The van der Waals surface area contributed by atoms with Gasteiger partial charge in [-0.3, -0.25) is 0 Å². The van der Waals surface area contributed by atoms with E-state index in [-0.39, 0.29) is 16.0 Å². The van der Waals surface area contributed by atoms with Crippen LogP contribution >= 0.6 is 0 Å². The number of aromatic nitrogens is 1. The van der Waals surface area contributed by atoms with Crippen molar-refractivity contribution in [2.75, 3.05) is 0 Å². The molecule has 0 saturated carbocycles. The number of fused-ring (bicyclic) bond motifs is 1. The van der Waals surface area contributed by atoms with E-state index in [1.165, 1.54) is 24.3 Å². The third kappa shape index (κ3) is 4.33. The van der Waals surface area contributed by atoms with E-state index in [1.54, 1.807) is 13.0 Å². The van der Waals surface area contributed by atoms with Gasteiger partial charge in [-0.1, -0.05) is 17.7 Å². The molecule has 0 fully saturated rings. The molecule has 3 aromatic carbocycles. The number of rotatable bonds is 6. The van der Waals surface area contributed by atoms with E-state index in [4.69, 9.17) is 10.00 Å². The van der Waals surface area contributed by atoms with E-state index in [1.807, 2.05) is 0 Å². The lowest BCUT2D eigenvalue weighted by atomic mass is 10.0. The number of halogens is 5. The predicted octanol–water partition coefficient (Wildman–Crippen LogP) is 6.08. The summed E-state index contributed by atoms with van der Waals surface area (Å²) in [5, 5.41) is 8.66. The minimum Gasteiger partial charge on any atom is -0.454 e. The monoisotopic (exact) mass is 506 g/mol. The lowest BCUT2D eigenvalue weighted by molar-refractivity contribution is 0.148. The van der Waals surface area contributed by atoms with Gasteiger partial charge in [0, 0.05) is 29.6 Å². The average Bonchev–Trinajstić information content (AvgIpc) is 3.27. The summed E-state index contributed by atoms with van der Waals surface area (Å²) in [6.07, 6.45) is -3.18. The number of nitriles is 1. The van der Waals surface area contributed by atoms with Gasteiger partial charge in [0.25, 0.3) is 10.0 Å². The lowest BCUT2D eigenvalue weighted by Crippen LogP contribution is -2.14. The average molecular weight is 506 g/mol. The maximum Gasteiger partial charge on any atom is 0.268 e. The minimum atomic E-state index is -4.41. The van der Waals surface area contributed by atoms with Crippen molar-refractivity contribution in [3.63, 3.8) is 0 Å². The number of hydrogen-bond donors (Lipinski definition) is 0. The summed E-state index contributed by atoms with van der Waals surface area (Å²) in [5.74, 6) is -5.47. The van der Waals surface area contributed by atoms with E-state index in [2.05, 4.69) is 0 Å². The first-order chi connectivity index (χ1) is 16.5. The summed E-state index contributed by atoms with van der Waals surface area (Å²) in [6, 6.07) is 11.0. The molecule has 1 heterocycles. The molecule has 0 aliphatic carbocycles. The summed E-state index contributed by atoms with van der Waals surface area (Å²) >= 11 is 0. The molecule has 35 heavy (non-hydrogen) atoms. The second-order valence-corrected chi connectivity index (χ2v) is 9.39. The van der Waals surface area contributed by atoms with Crippen molar-refractivity contribution in [2.45, 2.75) is 24.7 Å². The Morgan fingerprint density at radius 1 is 1.03 bits per heavy atom. The zero-order chi connectivity index (χ0) is 25.5. The van der Waals surface area contributed by atoms with Crippen LogP contribution in [0.1, 0.15) is 16.7 Å². The van der Waals surface area contributed by atoms with Gasteiger partial charge in [0.1, 0.15) is 23.2 Å². The molecular weight excluding hydrogens is 491 g/mol. The molecule has 0 N–H and O–H groups in total. The molecular formula is C24H15F5N2O3S. The van der Waals surface area contributed by atoms with Crippen LogP contribution in [0.5, 0.6) is 11.5 Å². The van der Waals surface area contributed by atoms with Gasteiger partial charge in [0.15, 0.2) is 11.6 Å². The van der Waals surface area contributed by atoms with Gasteiger partial charge < -0.3 is 4.74 Å². The largest absolute Gasteiger partial charge is 0.454 e. The Hall–Kier alpha value is -3.91. The summed E-state index contributed by atoms with van der Waals surface area (Å²) in [7, 11) is -4.41. The molecule has 0 bridgehead atoms. The fourth-order valence-electron chi connectivity index (χ4n) is 3.59.